The molecule has 3 aliphatic carbocycles. The van der Waals surface area contributed by atoms with Crippen LogP contribution in [-0.4, -0.2) is 11.4 Å². The monoisotopic (exact) mass is 1530 g/mol. The maximum Gasteiger partial charge on any atom is 0.0781 e. The summed E-state index contributed by atoms with van der Waals surface area (Å²) in [6, 6.07) is 89.8. The van der Waals surface area contributed by atoms with Gasteiger partial charge in [-0.2, -0.15) is 0 Å². The Morgan fingerprint density at radius 2 is 0.374 bits per heavy atom. The Bertz CT molecular complexity index is 4290. The largest absolute Gasteiger partial charge is 0.248 e. The summed E-state index contributed by atoms with van der Waals surface area (Å²) >= 11 is 0. The molecule has 0 N–H and O–H groups in total. The SMILES string of the molecule is CCCCCCCCC1(CCCCCCCC)c2cc(N=C(c3ccccc3)c3ccccc3)ccc2-c2ccc(-c3ccc4c(c3)C(CCCCCCCC)(CCCCCCCC)c3cc(-c5ccc6c(c5)C(CCCCCCCC)(CCCCCCCC)c5cc(N=C(c7ccccc7)c7ccccc7)ccc5-6)ccc3-4)cc21. The first-order valence-corrected chi connectivity index (χ1v) is 47.1. The molecule has 0 unspecified atom stereocenters. The van der Waals surface area contributed by atoms with Gasteiger partial charge in [0.2, 0.25) is 0 Å². The second-order valence-electron chi connectivity index (χ2n) is 35.2. The molecule has 2 heteroatoms. The van der Waals surface area contributed by atoms with E-state index in [1.807, 2.05) is 0 Å². The van der Waals surface area contributed by atoms with Crippen LogP contribution in [0.3, 0.4) is 0 Å². The molecule has 0 bridgehead atoms. The van der Waals surface area contributed by atoms with Gasteiger partial charge in [-0.1, -0.05) is 455 Å². The summed E-state index contributed by atoms with van der Waals surface area (Å²) in [4.78, 5) is 11.4. The number of aliphatic imine (C=N–C) groups is 2. The van der Waals surface area contributed by atoms with Crippen molar-refractivity contribution in [1.82, 2.24) is 0 Å². The third kappa shape index (κ3) is 20.4. The molecule has 0 heterocycles. The molecule has 0 saturated carbocycles. The van der Waals surface area contributed by atoms with E-state index in [4.69, 9.17) is 9.98 Å². The number of nitrogens with zero attached hydrogens (tertiary/aromatic N) is 2. The number of fused-ring (bicyclic) bond motifs is 9. The Labute approximate surface area is 697 Å². The summed E-state index contributed by atoms with van der Waals surface area (Å²) < 4.78 is 0. The molecular formula is C113H140N2. The second kappa shape index (κ2) is 43.1. The van der Waals surface area contributed by atoms with Crippen molar-refractivity contribution in [1.29, 1.82) is 0 Å². The van der Waals surface area contributed by atoms with Gasteiger partial charge in [-0.15, -0.1) is 0 Å². The van der Waals surface area contributed by atoms with Gasteiger partial charge in [0.05, 0.1) is 22.8 Å². The number of unbranched alkanes of at least 4 members (excludes halogenated alkanes) is 30. The minimum atomic E-state index is -0.126. The van der Waals surface area contributed by atoms with Gasteiger partial charge in [0.15, 0.2) is 0 Å². The molecule has 10 aromatic rings. The minimum Gasteiger partial charge on any atom is -0.248 e. The van der Waals surface area contributed by atoms with E-state index in [0.717, 1.165) is 70.7 Å². The second-order valence-corrected chi connectivity index (χ2v) is 35.2. The average molecular weight is 1530 g/mol. The summed E-state index contributed by atoms with van der Waals surface area (Å²) in [6.07, 6.45) is 53.6. The van der Waals surface area contributed by atoms with Gasteiger partial charge in [0.25, 0.3) is 0 Å². The van der Waals surface area contributed by atoms with Crippen LogP contribution < -0.4 is 0 Å². The van der Waals surface area contributed by atoms with Crippen molar-refractivity contribution >= 4 is 22.8 Å². The third-order valence-corrected chi connectivity index (χ3v) is 27.1. The summed E-state index contributed by atoms with van der Waals surface area (Å²) in [5, 5.41) is 0. The normalized spacial score (nSPS) is 13.6. The lowest BCUT2D eigenvalue weighted by atomic mass is 9.69. The zero-order valence-electron chi connectivity index (χ0n) is 72.0. The van der Waals surface area contributed by atoms with Gasteiger partial charge >= 0.3 is 0 Å². The van der Waals surface area contributed by atoms with Crippen molar-refractivity contribution in [2.45, 2.75) is 327 Å². The summed E-state index contributed by atoms with van der Waals surface area (Å²) in [5.74, 6) is 0. The standard InChI is InChI=1S/C113H140N2/c1-7-13-19-25-31-49-75-111(76-50-32-26-20-14-8-2)103-81-91(93-65-71-99-101-73-67-95(114-109(87-55-41-37-42-56-87)88-57-43-38-44-58-88)85-107(101)112(105(99)83-93,77-51-33-27-21-15-9-3)78-52-34-28-22-16-10-4)63-69-97(103)98-70-64-92(82-104(98)111)94-66-72-100-102-74-68-96(115-110(89-59-45-39-46-60-89)90-61-47-40-48-62-90)86-108(102)113(106(100)84-94,79-53-35-29-23-17-11-5)80-54-36-30-24-18-12-6/h37-48,55-74,81-86H,7-36,49-54,75-80H2,1-6H3. The predicted octanol–water partition coefficient (Wildman–Crippen LogP) is 34.7. The molecule has 0 spiro atoms. The molecule has 0 atom stereocenters. The van der Waals surface area contributed by atoms with Crippen LogP contribution in [0.15, 0.2) is 241 Å². The predicted molar refractivity (Wildman–Crippen MR) is 500 cm³/mol. The van der Waals surface area contributed by atoms with Gasteiger partial charge in [-0.3, -0.25) is 0 Å². The van der Waals surface area contributed by atoms with E-state index in [1.165, 1.54) is 311 Å². The molecule has 602 valence electrons. The van der Waals surface area contributed by atoms with Gasteiger partial charge in [-0.05, 0) is 176 Å². The molecule has 2 nitrogen and oxygen atoms in total. The number of benzene rings is 10. The van der Waals surface area contributed by atoms with Crippen LogP contribution in [0.5, 0.6) is 0 Å². The molecule has 0 radical (unpaired) electrons. The Balaban J connectivity index is 0.933. The van der Waals surface area contributed by atoms with Crippen LogP contribution in [-0.2, 0) is 16.2 Å². The van der Waals surface area contributed by atoms with Crippen molar-refractivity contribution < 1.29 is 0 Å². The lowest BCUT2D eigenvalue weighted by Crippen LogP contribution is -2.26. The maximum absolute atomic E-state index is 5.70. The van der Waals surface area contributed by atoms with E-state index in [2.05, 4.69) is 272 Å². The van der Waals surface area contributed by atoms with E-state index in [-0.39, 0.29) is 16.2 Å². The number of rotatable bonds is 50. The fourth-order valence-electron chi connectivity index (χ4n) is 20.8. The van der Waals surface area contributed by atoms with E-state index in [9.17, 15) is 0 Å². The van der Waals surface area contributed by atoms with E-state index < -0.39 is 0 Å². The number of hydrogen-bond donors (Lipinski definition) is 0. The zero-order chi connectivity index (χ0) is 79.3. The van der Waals surface area contributed by atoms with Crippen molar-refractivity contribution in [3.05, 3.63) is 286 Å². The van der Waals surface area contributed by atoms with Crippen molar-refractivity contribution in [2.24, 2.45) is 9.98 Å². The van der Waals surface area contributed by atoms with E-state index >= 15 is 0 Å². The molecule has 10 aromatic carbocycles. The minimum absolute atomic E-state index is 0.116. The van der Waals surface area contributed by atoms with Gasteiger partial charge < -0.3 is 0 Å². The molecule has 13 rings (SSSR count). The molecule has 0 aromatic heterocycles. The zero-order valence-corrected chi connectivity index (χ0v) is 72.0. The molecule has 0 fully saturated rings. The smallest absolute Gasteiger partial charge is 0.0781 e. The van der Waals surface area contributed by atoms with Crippen LogP contribution in [0.25, 0.3) is 55.6 Å². The fraction of sp³-hybridized carbons (Fsp3) is 0.451. The van der Waals surface area contributed by atoms with Crippen LogP contribution in [0.4, 0.5) is 11.4 Å². The Hall–Kier alpha value is -8.46. The quantitative estimate of drug-likeness (QED) is 0.0268. The van der Waals surface area contributed by atoms with Gasteiger partial charge in [0.1, 0.15) is 0 Å². The molecule has 3 aliphatic rings. The van der Waals surface area contributed by atoms with Gasteiger partial charge in [0, 0.05) is 38.5 Å². The third-order valence-electron chi connectivity index (χ3n) is 27.1. The van der Waals surface area contributed by atoms with Crippen molar-refractivity contribution in [3.63, 3.8) is 0 Å². The molecular weight excluding hydrogens is 1390 g/mol. The van der Waals surface area contributed by atoms with Crippen LogP contribution in [0.1, 0.15) is 367 Å². The molecule has 115 heavy (non-hydrogen) atoms. The first-order chi connectivity index (χ1) is 56.8. The first kappa shape index (κ1) is 84.5. The highest BCUT2D eigenvalue weighted by atomic mass is 14.8. The highest BCUT2D eigenvalue weighted by Crippen LogP contribution is 2.60. The average Bonchev–Trinajstić information content (AvgIpc) is 1.57. The summed E-state index contributed by atoms with van der Waals surface area (Å²) in [6.45, 7) is 14.2. The lowest BCUT2D eigenvalue weighted by Gasteiger charge is -2.34. The summed E-state index contributed by atoms with van der Waals surface area (Å²) in [7, 11) is 0. The van der Waals surface area contributed by atoms with Crippen molar-refractivity contribution in [3.8, 4) is 55.6 Å². The Morgan fingerprint density at radius 1 is 0.191 bits per heavy atom. The Morgan fingerprint density at radius 3 is 0.583 bits per heavy atom. The van der Waals surface area contributed by atoms with Crippen LogP contribution in [0.2, 0.25) is 0 Å². The Kier molecular flexibility index (Phi) is 31.7. The summed E-state index contributed by atoms with van der Waals surface area (Å²) in [5.41, 5.74) is 31.9. The highest BCUT2D eigenvalue weighted by Gasteiger charge is 2.47. The molecule has 0 saturated heterocycles. The fourth-order valence-corrected chi connectivity index (χ4v) is 20.8. The van der Waals surface area contributed by atoms with Crippen LogP contribution in [0, 0.1) is 0 Å². The first-order valence-electron chi connectivity index (χ1n) is 47.1. The lowest BCUT2D eigenvalue weighted by molar-refractivity contribution is 0.397. The maximum atomic E-state index is 5.70. The van der Waals surface area contributed by atoms with E-state index in [0.29, 0.717) is 0 Å². The topological polar surface area (TPSA) is 24.7 Å². The van der Waals surface area contributed by atoms with Crippen molar-refractivity contribution in [2.75, 3.05) is 0 Å². The van der Waals surface area contributed by atoms with Crippen LogP contribution >= 0.6 is 0 Å². The molecule has 0 amide bonds. The van der Waals surface area contributed by atoms with E-state index in [1.54, 1.807) is 22.3 Å². The number of hydrogen-bond acceptors (Lipinski definition) is 2. The molecule has 0 aliphatic heterocycles. The highest BCUT2D eigenvalue weighted by molar-refractivity contribution is 6.15. The van der Waals surface area contributed by atoms with Gasteiger partial charge in [-0.25, -0.2) is 9.98 Å².